The van der Waals surface area contributed by atoms with E-state index < -0.39 is 0 Å². The SMILES string of the molecule is CC1(C)C2CCC1(C)[C@@H](NC(=O)CN=CN=NN)C2. The largest absolute Gasteiger partial charge is 0.351 e. The smallest absolute Gasteiger partial charge is 0.241 e. The zero-order valence-electron chi connectivity index (χ0n) is 11.9. The van der Waals surface area contributed by atoms with Gasteiger partial charge in [-0.25, -0.2) is 0 Å². The van der Waals surface area contributed by atoms with Crippen molar-refractivity contribution in [2.24, 2.45) is 37.9 Å². The summed E-state index contributed by atoms with van der Waals surface area (Å²) >= 11 is 0. The monoisotopic (exact) mass is 265 g/mol. The fourth-order valence-corrected chi connectivity index (χ4v) is 3.85. The summed E-state index contributed by atoms with van der Waals surface area (Å²) in [5.74, 6) is 5.49. The maximum atomic E-state index is 11.9. The van der Waals surface area contributed by atoms with E-state index >= 15 is 0 Å². The highest BCUT2D eigenvalue weighted by Crippen LogP contribution is 2.65. The van der Waals surface area contributed by atoms with E-state index in [4.69, 9.17) is 5.84 Å². The average molecular weight is 265 g/mol. The van der Waals surface area contributed by atoms with Gasteiger partial charge in [-0.05, 0) is 36.0 Å². The summed E-state index contributed by atoms with van der Waals surface area (Å²) in [5.41, 5.74) is 0.510. The van der Waals surface area contributed by atoms with Crippen molar-refractivity contribution in [2.45, 2.75) is 46.1 Å². The predicted molar refractivity (Wildman–Crippen MR) is 73.6 cm³/mol. The van der Waals surface area contributed by atoms with Crippen LogP contribution in [-0.4, -0.2) is 24.8 Å². The van der Waals surface area contributed by atoms with Crippen LogP contribution >= 0.6 is 0 Å². The van der Waals surface area contributed by atoms with Crippen molar-refractivity contribution in [3.05, 3.63) is 0 Å². The summed E-state index contributed by atoms with van der Waals surface area (Å²) in [6.45, 7) is 7.04. The van der Waals surface area contributed by atoms with E-state index in [1.54, 1.807) is 0 Å². The number of hydrogen-bond acceptors (Lipinski definition) is 3. The van der Waals surface area contributed by atoms with Crippen LogP contribution in [0, 0.1) is 16.7 Å². The Hall–Kier alpha value is -1.46. The van der Waals surface area contributed by atoms with E-state index in [-0.39, 0.29) is 23.9 Å². The van der Waals surface area contributed by atoms with Crippen molar-refractivity contribution >= 4 is 12.2 Å². The first-order chi connectivity index (χ1) is 8.91. The Morgan fingerprint density at radius 1 is 1.47 bits per heavy atom. The molecule has 3 atom stereocenters. The molecule has 1 amide bonds. The summed E-state index contributed by atoms with van der Waals surface area (Å²) in [4.78, 5) is 15.7. The predicted octanol–water partition coefficient (Wildman–Crippen LogP) is 1.67. The van der Waals surface area contributed by atoms with Gasteiger partial charge in [-0.3, -0.25) is 9.79 Å². The molecule has 0 spiro atoms. The summed E-state index contributed by atoms with van der Waals surface area (Å²) in [5, 5.41) is 9.55. The fourth-order valence-electron chi connectivity index (χ4n) is 3.85. The van der Waals surface area contributed by atoms with E-state index in [1.165, 1.54) is 19.2 Å². The molecule has 0 saturated heterocycles. The van der Waals surface area contributed by atoms with Gasteiger partial charge in [0.2, 0.25) is 5.91 Å². The number of nitrogens with one attached hydrogen (secondary N) is 1. The normalized spacial score (nSPS) is 36.4. The van der Waals surface area contributed by atoms with Gasteiger partial charge in [-0.2, -0.15) is 0 Å². The Bertz CT molecular complexity index is 417. The molecule has 0 heterocycles. The van der Waals surface area contributed by atoms with Crippen molar-refractivity contribution < 1.29 is 4.79 Å². The van der Waals surface area contributed by atoms with Gasteiger partial charge in [0.1, 0.15) is 12.9 Å². The van der Waals surface area contributed by atoms with Crippen LogP contribution in [0.15, 0.2) is 15.3 Å². The Morgan fingerprint density at radius 3 is 2.74 bits per heavy atom. The summed E-state index contributed by atoms with van der Waals surface area (Å²) in [6, 6.07) is 0.264. The second kappa shape index (κ2) is 4.90. The number of fused-ring (bicyclic) bond motifs is 2. The average Bonchev–Trinajstić information content (AvgIpc) is 2.68. The molecule has 6 nitrogen and oxygen atoms in total. The molecule has 106 valence electrons. The highest BCUT2D eigenvalue weighted by Gasteiger charge is 2.61. The van der Waals surface area contributed by atoms with Crippen molar-refractivity contribution in [2.75, 3.05) is 6.54 Å². The molecule has 6 heteroatoms. The summed E-state index contributed by atoms with van der Waals surface area (Å²) < 4.78 is 0. The van der Waals surface area contributed by atoms with Crippen LogP contribution in [0.5, 0.6) is 0 Å². The molecular weight excluding hydrogens is 242 g/mol. The molecule has 2 saturated carbocycles. The van der Waals surface area contributed by atoms with Crippen molar-refractivity contribution in [3.63, 3.8) is 0 Å². The molecule has 19 heavy (non-hydrogen) atoms. The molecule has 2 aliphatic carbocycles. The van der Waals surface area contributed by atoms with Crippen molar-refractivity contribution in [1.82, 2.24) is 5.32 Å². The molecular formula is C13H23N5O. The number of aliphatic imine (C=N–C) groups is 1. The fraction of sp³-hybridized carbons (Fsp3) is 0.846. The third-order valence-corrected chi connectivity index (χ3v) is 5.56. The molecule has 0 aromatic rings. The molecule has 2 bridgehead atoms. The summed E-state index contributed by atoms with van der Waals surface area (Å²) in [7, 11) is 0. The van der Waals surface area contributed by atoms with Gasteiger partial charge >= 0.3 is 0 Å². The van der Waals surface area contributed by atoms with Gasteiger partial charge < -0.3 is 11.2 Å². The van der Waals surface area contributed by atoms with Crippen molar-refractivity contribution in [3.8, 4) is 0 Å². The molecule has 3 N–H and O–H groups in total. The van der Waals surface area contributed by atoms with Gasteiger partial charge in [0.15, 0.2) is 0 Å². The van der Waals surface area contributed by atoms with Crippen molar-refractivity contribution in [1.29, 1.82) is 0 Å². The van der Waals surface area contributed by atoms with Gasteiger partial charge in [0, 0.05) is 6.04 Å². The number of amides is 1. The first kappa shape index (κ1) is 14.0. The highest BCUT2D eigenvalue weighted by molar-refractivity contribution is 5.80. The van der Waals surface area contributed by atoms with E-state index in [1.807, 2.05) is 0 Å². The maximum Gasteiger partial charge on any atom is 0.241 e. The molecule has 2 unspecified atom stereocenters. The lowest BCUT2D eigenvalue weighted by molar-refractivity contribution is -0.121. The number of nitrogens with zero attached hydrogens (tertiary/aromatic N) is 3. The molecule has 0 radical (unpaired) electrons. The minimum atomic E-state index is -0.0574. The molecule has 2 fully saturated rings. The topological polar surface area (TPSA) is 92.2 Å². The van der Waals surface area contributed by atoms with E-state index in [9.17, 15) is 4.79 Å². The molecule has 2 aliphatic rings. The molecule has 0 aromatic carbocycles. The molecule has 2 rings (SSSR count). The van der Waals surface area contributed by atoms with E-state index in [0.29, 0.717) is 5.41 Å². The third-order valence-electron chi connectivity index (χ3n) is 5.56. The maximum absolute atomic E-state index is 11.9. The Balaban J connectivity index is 1.93. The van der Waals surface area contributed by atoms with E-state index in [0.717, 1.165) is 12.3 Å². The second-order valence-electron chi connectivity index (χ2n) is 6.42. The lowest BCUT2D eigenvalue weighted by Gasteiger charge is -2.39. The lowest BCUT2D eigenvalue weighted by Crippen LogP contribution is -2.47. The van der Waals surface area contributed by atoms with Gasteiger partial charge in [0.25, 0.3) is 0 Å². The van der Waals surface area contributed by atoms with Gasteiger partial charge in [-0.15, -0.1) is 5.11 Å². The Morgan fingerprint density at radius 2 is 2.21 bits per heavy atom. The standard InChI is InChI=1S/C13H23N5O/c1-12(2)9-4-5-13(12,3)10(6-9)17-11(19)7-15-8-16-18-14/h8-10H,4-7H2,1-3H3,(H,17,19)(H2,14,15,16)/t9?,10-,13?/m0/s1. The molecule has 0 aromatic heterocycles. The summed E-state index contributed by atoms with van der Waals surface area (Å²) in [6.07, 6.45) is 4.76. The first-order valence-electron chi connectivity index (χ1n) is 6.79. The molecule has 0 aliphatic heterocycles. The Labute approximate surface area is 113 Å². The van der Waals surface area contributed by atoms with Crippen LogP contribution in [0.1, 0.15) is 40.0 Å². The van der Waals surface area contributed by atoms with Crippen LogP contribution in [0.25, 0.3) is 0 Å². The van der Waals surface area contributed by atoms with Crippen LogP contribution in [-0.2, 0) is 4.79 Å². The number of carbonyl (C=O) groups excluding carboxylic acids is 1. The van der Waals surface area contributed by atoms with Crippen LogP contribution in [0.4, 0.5) is 0 Å². The Kier molecular flexibility index (Phi) is 3.60. The zero-order chi connectivity index (χ0) is 14.1. The van der Waals surface area contributed by atoms with Gasteiger partial charge in [-0.1, -0.05) is 26.0 Å². The van der Waals surface area contributed by atoms with Crippen LogP contribution < -0.4 is 11.2 Å². The highest BCUT2D eigenvalue weighted by atomic mass is 16.1. The zero-order valence-corrected chi connectivity index (χ0v) is 11.9. The number of hydrogen-bond donors (Lipinski definition) is 2. The van der Waals surface area contributed by atoms with Crippen LogP contribution in [0.2, 0.25) is 0 Å². The second-order valence-corrected chi connectivity index (χ2v) is 6.42. The number of carbonyl (C=O) groups is 1. The lowest BCUT2D eigenvalue weighted by atomic mass is 9.69. The number of nitrogens with two attached hydrogens (primary N) is 1. The quantitative estimate of drug-likeness (QED) is 0.266. The third kappa shape index (κ3) is 2.24. The first-order valence-corrected chi connectivity index (χ1v) is 6.79. The minimum Gasteiger partial charge on any atom is -0.351 e. The van der Waals surface area contributed by atoms with Crippen LogP contribution in [0.3, 0.4) is 0 Å². The number of rotatable bonds is 4. The minimum absolute atomic E-state index is 0.0574. The van der Waals surface area contributed by atoms with E-state index in [2.05, 4.69) is 41.4 Å². The van der Waals surface area contributed by atoms with Gasteiger partial charge in [0.05, 0.1) is 0 Å².